The molecule has 26 heavy (non-hydrogen) atoms. The molecule has 1 aromatic carbocycles. The van der Waals surface area contributed by atoms with E-state index in [0.29, 0.717) is 22.3 Å². The maximum atomic E-state index is 11.6. The first-order valence-electron chi connectivity index (χ1n) is 7.51. The van der Waals surface area contributed by atoms with E-state index < -0.39 is 4.92 Å². The second kappa shape index (κ2) is 8.31. The van der Waals surface area contributed by atoms with Crippen LogP contribution in [0, 0.1) is 10.1 Å². The Morgan fingerprint density at radius 1 is 1.15 bits per heavy atom. The highest BCUT2D eigenvalue weighted by Gasteiger charge is 2.23. The van der Waals surface area contributed by atoms with Crippen LogP contribution in [0.15, 0.2) is 42.0 Å². The van der Waals surface area contributed by atoms with E-state index in [9.17, 15) is 10.1 Å². The minimum absolute atomic E-state index is 0.0574. The third kappa shape index (κ3) is 4.60. The summed E-state index contributed by atoms with van der Waals surface area (Å²) >= 11 is 13.6. The van der Waals surface area contributed by atoms with E-state index in [2.05, 4.69) is 20.6 Å². The summed E-state index contributed by atoms with van der Waals surface area (Å²) in [6.45, 7) is 0.515. The molecule has 0 aliphatic heterocycles. The number of thiophene rings is 1. The van der Waals surface area contributed by atoms with Gasteiger partial charge in [0.1, 0.15) is 6.33 Å². The van der Waals surface area contributed by atoms with Crippen molar-refractivity contribution in [1.29, 1.82) is 0 Å². The Hall–Kier alpha value is -2.42. The second-order valence-corrected chi connectivity index (χ2v) is 7.12. The van der Waals surface area contributed by atoms with Gasteiger partial charge in [0.15, 0.2) is 0 Å². The van der Waals surface area contributed by atoms with Gasteiger partial charge in [-0.25, -0.2) is 9.97 Å². The topological polar surface area (TPSA) is 93.0 Å². The average molecular weight is 410 g/mol. The molecule has 0 saturated carbocycles. The lowest BCUT2D eigenvalue weighted by Crippen LogP contribution is -2.10. The zero-order valence-electron chi connectivity index (χ0n) is 13.3. The monoisotopic (exact) mass is 409 g/mol. The molecule has 0 bridgehead atoms. The number of aromatic nitrogens is 2. The number of hydrogen-bond acceptors (Lipinski definition) is 7. The fourth-order valence-corrected chi connectivity index (χ4v) is 3.53. The first-order chi connectivity index (χ1) is 12.5. The Labute approximate surface area is 163 Å². The predicted octanol–water partition coefficient (Wildman–Crippen LogP) is 5.15. The van der Waals surface area contributed by atoms with Crippen LogP contribution < -0.4 is 10.6 Å². The third-order valence-electron chi connectivity index (χ3n) is 3.37. The Morgan fingerprint density at radius 3 is 2.54 bits per heavy atom. The maximum absolute atomic E-state index is 11.6. The summed E-state index contributed by atoms with van der Waals surface area (Å²) in [4.78, 5) is 20.2. The molecule has 0 fully saturated rings. The van der Waals surface area contributed by atoms with Crippen LogP contribution in [-0.4, -0.2) is 21.4 Å². The molecule has 0 radical (unpaired) electrons. The molecule has 2 aromatic heterocycles. The van der Waals surface area contributed by atoms with Gasteiger partial charge in [-0.3, -0.25) is 10.1 Å². The van der Waals surface area contributed by atoms with Crippen molar-refractivity contribution < 1.29 is 4.92 Å². The van der Waals surface area contributed by atoms with Crippen LogP contribution in [0.2, 0.25) is 10.0 Å². The molecule has 2 heterocycles. The predicted molar refractivity (Wildman–Crippen MR) is 105 cm³/mol. The standard InChI is InChI=1S/C16H13Cl2N5O2S/c17-10-6-11(18)8-12(7-10)22-16-14(23(24)25)15(20-9-21-16)19-4-3-13-2-1-5-26-13/h1-2,5-9H,3-4H2,(H2,19,20,21,22). The van der Waals surface area contributed by atoms with E-state index in [-0.39, 0.29) is 17.3 Å². The molecule has 2 N–H and O–H groups in total. The van der Waals surface area contributed by atoms with Crippen molar-refractivity contribution in [3.63, 3.8) is 0 Å². The lowest BCUT2D eigenvalue weighted by atomic mass is 10.3. The molecule has 0 unspecified atom stereocenters. The minimum Gasteiger partial charge on any atom is -0.364 e. The van der Waals surface area contributed by atoms with Crippen molar-refractivity contribution in [1.82, 2.24) is 9.97 Å². The number of hydrogen-bond donors (Lipinski definition) is 2. The van der Waals surface area contributed by atoms with E-state index in [1.54, 1.807) is 29.5 Å². The van der Waals surface area contributed by atoms with Crippen LogP contribution in [0.5, 0.6) is 0 Å². The van der Waals surface area contributed by atoms with Crippen LogP contribution in [0.1, 0.15) is 4.88 Å². The lowest BCUT2D eigenvalue weighted by Gasteiger charge is -2.10. The Kier molecular flexibility index (Phi) is 5.87. The quantitative estimate of drug-likeness (QED) is 0.413. The summed E-state index contributed by atoms with van der Waals surface area (Å²) in [5.41, 5.74) is 0.253. The minimum atomic E-state index is -0.526. The Morgan fingerprint density at radius 2 is 1.88 bits per heavy atom. The van der Waals surface area contributed by atoms with Crippen LogP contribution in [0.4, 0.5) is 23.0 Å². The Balaban J connectivity index is 1.82. The fourth-order valence-electron chi connectivity index (χ4n) is 2.29. The second-order valence-electron chi connectivity index (χ2n) is 5.22. The van der Waals surface area contributed by atoms with Crippen LogP contribution in [0.3, 0.4) is 0 Å². The smallest absolute Gasteiger partial charge is 0.353 e. The van der Waals surface area contributed by atoms with Crippen LogP contribution >= 0.6 is 34.5 Å². The first kappa shape index (κ1) is 18.4. The molecule has 0 atom stereocenters. The Bertz CT molecular complexity index is 901. The van der Waals surface area contributed by atoms with Gasteiger partial charge in [0.25, 0.3) is 0 Å². The number of nitrogens with zero attached hydrogens (tertiary/aromatic N) is 3. The molecular weight excluding hydrogens is 397 g/mol. The number of halogens is 2. The summed E-state index contributed by atoms with van der Waals surface area (Å²) in [6, 6.07) is 8.74. The van der Waals surface area contributed by atoms with E-state index in [1.807, 2.05) is 17.5 Å². The van der Waals surface area contributed by atoms with E-state index in [4.69, 9.17) is 23.2 Å². The molecule has 3 aromatic rings. The van der Waals surface area contributed by atoms with Crippen molar-refractivity contribution in [2.45, 2.75) is 6.42 Å². The molecule has 0 aliphatic rings. The molecule has 3 rings (SSSR count). The number of rotatable bonds is 7. The number of anilines is 3. The molecule has 0 aliphatic carbocycles. The lowest BCUT2D eigenvalue weighted by molar-refractivity contribution is -0.383. The summed E-state index contributed by atoms with van der Waals surface area (Å²) in [6.07, 6.45) is 2.00. The van der Waals surface area contributed by atoms with Crippen LogP contribution in [0.25, 0.3) is 0 Å². The average Bonchev–Trinajstić information content (AvgIpc) is 3.07. The van der Waals surface area contributed by atoms with Gasteiger partial charge < -0.3 is 10.6 Å². The summed E-state index contributed by atoms with van der Waals surface area (Å²) in [5.74, 6) is 0.208. The first-order valence-corrected chi connectivity index (χ1v) is 9.15. The van der Waals surface area contributed by atoms with Gasteiger partial charge in [0, 0.05) is 27.2 Å². The van der Waals surface area contributed by atoms with Gasteiger partial charge in [-0.2, -0.15) is 0 Å². The van der Waals surface area contributed by atoms with Crippen molar-refractivity contribution in [2.24, 2.45) is 0 Å². The van der Waals surface area contributed by atoms with E-state index >= 15 is 0 Å². The van der Waals surface area contributed by atoms with Gasteiger partial charge in [-0.1, -0.05) is 29.3 Å². The summed E-state index contributed by atoms with van der Waals surface area (Å²) in [7, 11) is 0. The highest BCUT2D eigenvalue weighted by molar-refractivity contribution is 7.09. The molecule has 10 heteroatoms. The van der Waals surface area contributed by atoms with Gasteiger partial charge >= 0.3 is 5.69 Å². The highest BCUT2D eigenvalue weighted by Crippen LogP contribution is 2.32. The van der Waals surface area contributed by atoms with Gasteiger partial charge in [-0.15, -0.1) is 11.3 Å². The normalized spacial score (nSPS) is 10.5. The highest BCUT2D eigenvalue weighted by atomic mass is 35.5. The van der Waals surface area contributed by atoms with Crippen molar-refractivity contribution >= 4 is 57.5 Å². The molecular formula is C16H13Cl2N5O2S. The van der Waals surface area contributed by atoms with E-state index in [1.165, 1.54) is 11.2 Å². The number of benzene rings is 1. The van der Waals surface area contributed by atoms with Gasteiger partial charge in [0.2, 0.25) is 11.6 Å². The summed E-state index contributed by atoms with van der Waals surface area (Å²) in [5, 5.41) is 20.2. The van der Waals surface area contributed by atoms with Gasteiger partial charge in [0.05, 0.1) is 4.92 Å². The number of nitrogens with one attached hydrogen (secondary N) is 2. The number of nitro groups is 1. The summed E-state index contributed by atoms with van der Waals surface area (Å²) < 4.78 is 0. The van der Waals surface area contributed by atoms with Crippen molar-refractivity contribution in [2.75, 3.05) is 17.2 Å². The molecule has 0 spiro atoms. The zero-order chi connectivity index (χ0) is 18.5. The molecule has 0 saturated heterocycles. The van der Waals surface area contributed by atoms with Crippen molar-refractivity contribution in [3.8, 4) is 0 Å². The van der Waals surface area contributed by atoms with Gasteiger partial charge in [-0.05, 0) is 36.1 Å². The van der Waals surface area contributed by atoms with Crippen molar-refractivity contribution in [3.05, 3.63) is 67.1 Å². The van der Waals surface area contributed by atoms with Crippen LogP contribution in [-0.2, 0) is 6.42 Å². The largest absolute Gasteiger partial charge is 0.364 e. The zero-order valence-corrected chi connectivity index (χ0v) is 15.6. The molecule has 0 amide bonds. The fraction of sp³-hybridized carbons (Fsp3) is 0.125. The molecule has 7 nitrogen and oxygen atoms in total. The third-order valence-corrected chi connectivity index (χ3v) is 4.75. The molecule has 134 valence electrons. The SMILES string of the molecule is O=[N+]([O-])c1c(NCCc2cccs2)ncnc1Nc1cc(Cl)cc(Cl)c1. The maximum Gasteiger partial charge on any atom is 0.353 e. The van der Waals surface area contributed by atoms with E-state index in [0.717, 1.165) is 6.42 Å².